The molecule has 0 spiro atoms. The monoisotopic (exact) mass is 326 g/mol. The lowest BCUT2D eigenvalue weighted by Crippen LogP contribution is -2.13. The molecule has 0 unspecified atom stereocenters. The SMILES string of the molecule is COc1ccc(-c2cnc(N)nc2C(F)(F)F)cc1CN(C)C. The van der Waals surface area contributed by atoms with Gasteiger partial charge in [0, 0.05) is 23.9 Å². The van der Waals surface area contributed by atoms with Crippen molar-refractivity contribution in [1.82, 2.24) is 14.9 Å². The zero-order valence-corrected chi connectivity index (χ0v) is 13.0. The summed E-state index contributed by atoms with van der Waals surface area (Å²) in [5, 5.41) is 0. The van der Waals surface area contributed by atoms with E-state index in [1.807, 2.05) is 19.0 Å². The van der Waals surface area contributed by atoms with Crippen LogP contribution in [0.3, 0.4) is 0 Å². The van der Waals surface area contributed by atoms with Gasteiger partial charge in [-0.05, 0) is 31.8 Å². The number of halogens is 3. The Balaban J connectivity index is 2.59. The number of alkyl halides is 3. The smallest absolute Gasteiger partial charge is 0.434 e. The van der Waals surface area contributed by atoms with E-state index in [4.69, 9.17) is 10.5 Å². The zero-order chi connectivity index (χ0) is 17.2. The Bertz CT molecular complexity index is 702. The van der Waals surface area contributed by atoms with Gasteiger partial charge in [0.25, 0.3) is 0 Å². The molecular weight excluding hydrogens is 309 g/mol. The van der Waals surface area contributed by atoms with Crippen molar-refractivity contribution in [2.24, 2.45) is 0 Å². The number of nitrogen functional groups attached to an aromatic ring is 1. The second kappa shape index (κ2) is 6.41. The molecule has 0 amide bonds. The molecule has 5 nitrogen and oxygen atoms in total. The fourth-order valence-corrected chi connectivity index (χ4v) is 2.23. The molecule has 1 aromatic heterocycles. The molecule has 0 atom stereocenters. The molecule has 0 fully saturated rings. The molecule has 0 aliphatic heterocycles. The summed E-state index contributed by atoms with van der Waals surface area (Å²) in [5.74, 6) is 0.190. The first-order chi connectivity index (χ1) is 10.7. The molecule has 0 saturated heterocycles. The Morgan fingerprint density at radius 2 is 1.96 bits per heavy atom. The van der Waals surface area contributed by atoms with Crippen molar-refractivity contribution in [3.63, 3.8) is 0 Å². The van der Waals surface area contributed by atoms with Gasteiger partial charge in [-0.2, -0.15) is 13.2 Å². The molecule has 2 aromatic rings. The highest BCUT2D eigenvalue weighted by atomic mass is 19.4. The van der Waals surface area contributed by atoms with E-state index in [1.165, 1.54) is 7.11 Å². The summed E-state index contributed by atoms with van der Waals surface area (Å²) >= 11 is 0. The molecule has 0 radical (unpaired) electrons. The van der Waals surface area contributed by atoms with Crippen LogP contribution in [0.2, 0.25) is 0 Å². The number of nitrogens with two attached hydrogens (primary N) is 1. The van der Waals surface area contributed by atoms with Crippen molar-refractivity contribution in [3.8, 4) is 16.9 Å². The third-order valence-electron chi connectivity index (χ3n) is 3.15. The highest BCUT2D eigenvalue weighted by molar-refractivity contribution is 5.68. The van der Waals surface area contributed by atoms with Gasteiger partial charge in [0.2, 0.25) is 5.95 Å². The van der Waals surface area contributed by atoms with E-state index in [2.05, 4.69) is 9.97 Å². The van der Waals surface area contributed by atoms with Gasteiger partial charge in [0.15, 0.2) is 5.69 Å². The van der Waals surface area contributed by atoms with Gasteiger partial charge in [-0.15, -0.1) is 0 Å². The number of aromatic nitrogens is 2. The van der Waals surface area contributed by atoms with Gasteiger partial charge in [0.05, 0.1) is 7.11 Å². The number of nitrogens with zero attached hydrogens (tertiary/aromatic N) is 3. The lowest BCUT2D eigenvalue weighted by molar-refractivity contribution is -0.140. The maximum atomic E-state index is 13.2. The Hall–Kier alpha value is -2.35. The molecule has 0 aliphatic carbocycles. The quantitative estimate of drug-likeness (QED) is 0.936. The predicted molar refractivity (Wildman–Crippen MR) is 80.8 cm³/mol. The van der Waals surface area contributed by atoms with Crippen molar-refractivity contribution in [2.45, 2.75) is 12.7 Å². The molecule has 2 N–H and O–H groups in total. The summed E-state index contributed by atoms with van der Waals surface area (Å²) < 4.78 is 44.8. The van der Waals surface area contributed by atoms with E-state index in [9.17, 15) is 13.2 Å². The highest BCUT2D eigenvalue weighted by Crippen LogP contribution is 2.37. The number of hydrogen-bond donors (Lipinski definition) is 1. The third kappa shape index (κ3) is 3.89. The molecular formula is C15H17F3N4O. The summed E-state index contributed by atoms with van der Waals surface area (Å²) in [7, 11) is 5.24. The minimum Gasteiger partial charge on any atom is -0.496 e. The summed E-state index contributed by atoms with van der Waals surface area (Å²) in [6.45, 7) is 0.522. The fourth-order valence-electron chi connectivity index (χ4n) is 2.23. The van der Waals surface area contributed by atoms with Crippen LogP contribution in [0.25, 0.3) is 11.1 Å². The van der Waals surface area contributed by atoms with E-state index < -0.39 is 17.8 Å². The van der Waals surface area contributed by atoms with Crippen LogP contribution in [-0.4, -0.2) is 36.1 Å². The van der Waals surface area contributed by atoms with Crippen molar-refractivity contribution < 1.29 is 17.9 Å². The summed E-state index contributed by atoms with van der Waals surface area (Å²) in [4.78, 5) is 8.94. The molecule has 0 saturated carbocycles. The maximum Gasteiger partial charge on any atom is 0.434 e. The minimum absolute atomic E-state index is 0.116. The van der Waals surface area contributed by atoms with Gasteiger partial charge >= 0.3 is 6.18 Å². The second-order valence-corrected chi connectivity index (χ2v) is 5.25. The van der Waals surface area contributed by atoms with Crippen LogP contribution < -0.4 is 10.5 Å². The van der Waals surface area contributed by atoms with Gasteiger partial charge in [-0.1, -0.05) is 6.07 Å². The predicted octanol–water partition coefficient (Wildman–Crippen LogP) is 2.81. The van der Waals surface area contributed by atoms with Gasteiger partial charge < -0.3 is 15.4 Å². The highest BCUT2D eigenvalue weighted by Gasteiger charge is 2.36. The molecule has 8 heteroatoms. The van der Waals surface area contributed by atoms with Crippen LogP contribution in [0.4, 0.5) is 19.1 Å². The first kappa shape index (κ1) is 17.0. The largest absolute Gasteiger partial charge is 0.496 e. The van der Waals surface area contributed by atoms with E-state index in [-0.39, 0.29) is 5.56 Å². The van der Waals surface area contributed by atoms with E-state index in [0.29, 0.717) is 17.9 Å². The first-order valence-electron chi connectivity index (χ1n) is 6.74. The normalized spacial score (nSPS) is 11.8. The molecule has 2 rings (SSSR count). The van der Waals surface area contributed by atoms with Gasteiger partial charge in [-0.25, -0.2) is 9.97 Å². The number of methoxy groups -OCH3 is 1. The van der Waals surface area contributed by atoms with Crippen LogP contribution >= 0.6 is 0 Å². The lowest BCUT2D eigenvalue weighted by atomic mass is 10.0. The van der Waals surface area contributed by atoms with E-state index >= 15 is 0 Å². The first-order valence-corrected chi connectivity index (χ1v) is 6.74. The Labute approximate surface area is 131 Å². The molecule has 1 aromatic carbocycles. The Morgan fingerprint density at radius 3 is 2.52 bits per heavy atom. The standard InChI is InChI=1S/C15H17F3N4O/c1-22(2)8-10-6-9(4-5-12(10)23-3)11-7-20-14(19)21-13(11)15(16,17)18/h4-7H,8H2,1-3H3,(H2,19,20,21). The van der Waals surface area contributed by atoms with E-state index in [1.54, 1.807) is 18.2 Å². The van der Waals surface area contributed by atoms with Crippen molar-refractivity contribution >= 4 is 5.95 Å². The third-order valence-corrected chi connectivity index (χ3v) is 3.15. The van der Waals surface area contributed by atoms with Gasteiger partial charge in [0.1, 0.15) is 5.75 Å². The molecule has 124 valence electrons. The number of rotatable bonds is 4. The van der Waals surface area contributed by atoms with Crippen LogP contribution in [0.5, 0.6) is 5.75 Å². The Morgan fingerprint density at radius 1 is 1.26 bits per heavy atom. The number of benzene rings is 1. The summed E-state index contributed by atoms with van der Waals surface area (Å²) in [5.41, 5.74) is 5.25. The maximum absolute atomic E-state index is 13.2. The zero-order valence-electron chi connectivity index (χ0n) is 13.0. The number of ether oxygens (including phenoxy) is 1. The summed E-state index contributed by atoms with van der Waals surface area (Å²) in [6.07, 6.45) is -3.53. The van der Waals surface area contributed by atoms with Crippen molar-refractivity contribution in [3.05, 3.63) is 35.7 Å². The molecule has 1 heterocycles. The Kier molecular flexibility index (Phi) is 4.74. The second-order valence-electron chi connectivity index (χ2n) is 5.25. The fraction of sp³-hybridized carbons (Fsp3) is 0.333. The van der Waals surface area contributed by atoms with Crippen LogP contribution in [-0.2, 0) is 12.7 Å². The average molecular weight is 326 g/mol. The minimum atomic E-state index is -4.62. The van der Waals surface area contributed by atoms with Crippen molar-refractivity contribution in [2.75, 3.05) is 26.9 Å². The number of anilines is 1. The van der Waals surface area contributed by atoms with Crippen LogP contribution in [0.15, 0.2) is 24.4 Å². The van der Waals surface area contributed by atoms with E-state index in [0.717, 1.165) is 11.8 Å². The number of hydrogen-bond acceptors (Lipinski definition) is 5. The van der Waals surface area contributed by atoms with Gasteiger partial charge in [-0.3, -0.25) is 0 Å². The van der Waals surface area contributed by atoms with Crippen molar-refractivity contribution in [1.29, 1.82) is 0 Å². The molecule has 0 bridgehead atoms. The lowest BCUT2D eigenvalue weighted by Gasteiger charge is -2.16. The average Bonchev–Trinajstić information content (AvgIpc) is 2.45. The topological polar surface area (TPSA) is 64.3 Å². The molecule has 23 heavy (non-hydrogen) atoms. The van der Waals surface area contributed by atoms with Crippen LogP contribution in [0.1, 0.15) is 11.3 Å². The van der Waals surface area contributed by atoms with Crippen LogP contribution in [0, 0.1) is 0 Å². The molecule has 0 aliphatic rings. The summed E-state index contributed by atoms with van der Waals surface area (Å²) in [6, 6.07) is 4.82.